The third-order valence-corrected chi connectivity index (χ3v) is 7.27. The van der Waals surface area contributed by atoms with Gasteiger partial charge in [0, 0.05) is 47.7 Å². The Kier molecular flexibility index (Phi) is 4.69. The van der Waals surface area contributed by atoms with Crippen LogP contribution in [0.5, 0.6) is 0 Å². The van der Waals surface area contributed by atoms with E-state index in [0.717, 1.165) is 57.7 Å². The maximum absolute atomic E-state index is 12.7. The minimum Gasteiger partial charge on any atom is -0.454 e. The second-order valence-electron chi connectivity index (χ2n) is 8.48. The summed E-state index contributed by atoms with van der Waals surface area (Å²) < 4.78 is 8.27. The first-order valence-electron chi connectivity index (χ1n) is 11.0. The number of benzene rings is 1. The first-order chi connectivity index (χ1) is 16.1. The van der Waals surface area contributed by atoms with Crippen molar-refractivity contribution in [1.29, 1.82) is 0 Å². The molecule has 0 bridgehead atoms. The number of aryl methyl sites for hydroxylation is 1. The van der Waals surface area contributed by atoms with Crippen LogP contribution in [0.2, 0.25) is 0 Å². The summed E-state index contributed by atoms with van der Waals surface area (Å²) in [4.78, 5) is 24.1. The second-order valence-corrected chi connectivity index (χ2v) is 9.26. The number of carbonyl (C=O) groups is 1. The summed E-state index contributed by atoms with van der Waals surface area (Å²) in [7, 11) is 0. The lowest BCUT2D eigenvalue weighted by Crippen LogP contribution is -2.38. The highest BCUT2D eigenvalue weighted by atomic mass is 32.1. The number of aromatic nitrogens is 3. The molecule has 5 aromatic rings. The van der Waals surface area contributed by atoms with Gasteiger partial charge in [0.15, 0.2) is 5.76 Å². The van der Waals surface area contributed by atoms with Gasteiger partial charge in [-0.15, -0.1) is 0 Å². The van der Waals surface area contributed by atoms with Gasteiger partial charge in [-0.2, -0.15) is 11.3 Å². The molecule has 1 aliphatic rings. The average molecular weight is 458 g/mol. The summed E-state index contributed by atoms with van der Waals surface area (Å²) in [5, 5.41) is 4.92. The van der Waals surface area contributed by atoms with Crippen molar-refractivity contribution in [2.45, 2.75) is 25.7 Å². The molecule has 0 unspecified atom stereocenters. The molecular weight excluding hydrogens is 434 g/mol. The maximum Gasteiger partial charge on any atom is 0.254 e. The molecule has 7 nitrogen and oxygen atoms in total. The highest BCUT2D eigenvalue weighted by molar-refractivity contribution is 7.08. The number of amides is 1. The molecule has 0 radical (unpaired) electrons. The van der Waals surface area contributed by atoms with Crippen LogP contribution in [0.15, 0.2) is 57.9 Å². The van der Waals surface area contributed by atoms with Gasteiger partial charge in [-0.05, 0) is 37.3 Å². The Morgan fingerprint density at radius 3 is 2.79 bits per heavy atom. The number of hydrogen-bond acceptors (Lipinski definition) is 6. The SMILES string of the molecule is Cc1c(-c2nc(C3CCN(C(=O)c4ccsc4)CC3)n3ccnc(N)c23)oc2ccccc12. The third-order valence-electron chi connectivity index (χ3n) is 6.58. The highest BCUT2D eigenvalue weighted by Crippen LogP contribution is 2.38. The number of para-hydroxylation sites is 1. The molecule has 4 aromatic heterocycles. The first-order valence-corrected chi connectivity index (χ1v) is 12.0. The number of furan rings is 1. The second kappa shape index (κ2) is 7.74. The van der Waals surface area contributed by atoms with Crippen LogP contribution in [0.25, 0.3) is 27.9 Å². The molecule has 2 N–H and O–H groups in total. The number of rotatable bonds is 3. The van der Waals surface area contributed by atoms with Gasteiger partial charge in [0.05, 0.1) is 5.56 Å². The summed E-state index contributed by atoms with van der Waals surface area (Å²) in [6, 6.07) is 9.88. The smallest absolute Gasteiger partial charge is 0.254 e. The predicted molar refractivity (Wildman–Crippen MR) is 130 cm³/mol. The van der Waals surface area contributed by atoms with Crippen LogP contribution < -0.4 is 5.73 Å². The summed E-state index contributed by atoms with van der Waals surface area (Å²) in [6.07, 6.45) is 5.31. The van der Waals surface area contributed by atoms with Crippen molar-refractivity contribution < 1.29 is 9.21 Å². The van der Waals surface area contributed by atoms with Gasteiger partial charge < -0.3 is 15.1 Å². The van der Waals surface area contributed by atoms with Crippen molar-refractivity contribution >= 4 is 39.5 Å². The number of fused-ring (bicyclic) bond motifs is 2. The summed E-state index contributed by atoms with van der Waals surface area (Å²) in [5.74, 6) is 2.41. The molecule has 1 saturated heterocycles. The van der Waals surface area contributed by atoms with Crippen molar-refractivity contribution in [3.63, 3.8) is 0 Å². The number of nitrogen functional groups attached to an aromatic ring is 1. The lowest BCUT2D eigenvalue weighted by molar-refractivity contribution is 0.0711. The average Bonchev–Trinajstić information content (AvgIpc) is 3.58. The molecule has 6 rings (SSSR count). The van der Waals surface area contributed by atoms with Gasteiger partial charge in [-0.3, -0.25) is 9.20 Å². The molecule has 0 aliphatic carbocycles. The molecule has 0 atom stereocenters. The summed E-state index contributed by atoms with van der Waals surface area (Å²) >= 11 is 1.55. The number of hydrogen-bond donors (Lipinski definition) is 1. The van der Waals surface area contributed by atoms with Gasteiger partial charge in [-0.1, -0.05) is 18.2 Å². The Labute approximate surface area is 194 Å². The summed E-state index contributed by atoms with van der Waals surface area (Å²) in [6.45, 7) is 3.45. The van der Waals surface area contributed by atoms with Crippen LogP contribution >= 0.6 is 11.3 Å². The molecule has 166 valence electrons. The molecule has 1 amide bonds. The van der Waals surface area contributed by atoms with E-state index in [4.69, 9.17) is 15.1 Å². The number of imidazole rings is 1. The minimum absolute atomic E-state index is 0.106. The van der Waals surface area contributed by atoms with E-state index in [0.29, 0.717) is 18.9 Å². The summed E-state index contributed by atoms with van der Waals surface area (Å²) in [5.41, 5.74) is 10.5. The zero-order valence-electron chi connectivity index (χ0n) is 18.2. The van der Waals surface area contributed by atoms with Crippen molar-refractivity contribution in [3.05, 3.63) is 70.4 Å². The fourth-order valence-electron chi connectivity index (χ4n) is 4.84. The monoisotopic (exact) mass is 457 g/mol. The van der Waals surface area contributed by atoms with Crippen molar-refractivity contribution in [2.24, 2.45) is 0 Å². The molecule has 5 heterocycles. The molecule has 1 aromatic carbocycles. The molecule has 1 fully saturated rings. The fraction of sp³-hybridized carbons (Fsp3) is 0.240. The van der Waals surface area contributed by atoms with Crippen LogP contribution in [0.3, 0.4) is 0 Å². The maximum atomic E-state index is 12.7. The van der Waals surface area contributed by atoms with E-state index in [-0.39, 0.29) is 11.8 Å². The number of carbonyl (C=O) groups excluding carboxylic acids is 1. The van der Waals surface area contributed by atoms with E-state index < -0.39 is 0 Å². The van der Waals surface area contributed by atoms with Crippen LogP contribution in [-0.4, -0.2) is 38.3 Å². The number of nitrogens with two attached hydrogens (primary N) is 1. The van der Waals surface area contributed by atoms with E-state index in [2.05, 4.69) is 11.1 Å². The zero-order chi connectivity index (χ0) is 22.5. The quantitative estimate of drug-likeness (QED) is 0.406. The number of anilines is 1. The first kappa shape index (κ1) is 20.0. The fourth-order valence-corrected chi connectivity index (χ4v) is 5.47. The van der Waals surface area contributed by atoms with Crippen molar-refractivity contribution in [2.75, 3.05) is 18.8 Å². The largest absolute Gasteiger partial charge is 0.454 e. The molecule has 0 saturated carbocycles. The topological polar surface area (TPSA) is 89.7 Å². The number of nitrogens with zero attached hydrogens (tertiary/aromatic N) is 4. The Morgan fingerprint density at radius 1 is 1.21 bits per heavy atom. The van der Waals surface area contributed by atoms with Crippen LogP contribution in [-0.2, 0) is 0 Å². The Hall–Kier alpha value is -3.65. The predicted octanol–water partition coefficient (Wildman–Crippen LogP) is 5.11. The molecule has 0 spiro atoms. The van der Waals surface area contributed by atoms with Crippen LogP contribution in [0.1, 0.15) is 40.5 Å². The molecule has 8 heteroatoms. The number of likely N-dealkylation sites (tertiary alicyclic amines) is 1. The lowest BCUT2D eigenvalue weighted by atomic mass is 9.95. The standard InChI is InChI=1S/C25H23N5O2S/c1-15-18-4-2-3-5-19(18)32-22(15)20-21-23(26)27-9-12-30(21)24(28-20)16-6-10-29(11-7-16)25(31)17-8-13-33-14-17/h2-5,8-9,12-14,16H,6-7,10-11H2,1H3,(H2,26,27). The van der Waals surface area contributed by atoms with E-state index >= 15 is 0 Å². The normalized spacial score (nSPS) is 15.0. The number of piperidine rings is 1. The Bertz CT molecular complexity index is 1480. The Morgan fingerprint density at radius 2 is 2.03 bits per heavy atom. The molecule has 33 heavy (non-hydrogen) atoms. The number of thiophene rings is 1. The van der Waals surface area contributed by atoms with E-state index in [9.17, 15) is 4.79 Å². The van der Waals surface area contributed by atoms with Crippen LogP contribution in [0.4, 0.5) is 5.82 Å². The Balaban J connectivity index is 1.38. The zero-order valence-corrected chi connectivity index (χ0v) is 19.0. The lowest BCUT2D eigenvalue weighted by Gasteiger charge is -2.31. The van der Waals surface area contributed by atoms with Crippen LogP contribution in [0, 0.1) is 6.92 Å². The highest BCUT2D eigenvalue weighted by Gasteiger charge is 2.30. The van der Waals surface area contributed by atoms with Gasteiger partial charge in [-0.25, -0.2) is 9.97 Å². The minimum atomic E-state index is 0.106. The molecule has 1 aliphatic heterocycles. The molecular formula is C25H23N5O2S. The van der Waals surface area contributed by atoms with Crippen molar-refractivity contribution in [3.8, 4) is 11.5 Å². The van der Waals surface area contributed by atoms with E-state index in [1.165, 1.54) is 0 Å². The van der Waals surface area contributed by atoms with E-state index in [1.54, 1.807) is 17.5 Å². The third kappa shape index (κ3) is 3.21. The van der Waals surface area contributed by atoms with E-state index in [1.807, 2.05) is 57.4 Å². The van der Waals surface area contributed by atoms with Gasteiger partial charge in [0.25, 0.3) is 5.91 Å². The van der Waals surface area contributed by atoms with Gasteiger partial charge in [0.2, 0.25) is 0 Å². The van der Waals surface area contributed by atoms with Crippen molar-refractivity contribution in [1.82, 2.24) is 19.3 Å². The van der Waals surface area contributed by atoms with Gasteiger partial charge in [0.1, 0.15) is 28.4 Å². The van der Waals surface area contributed by atoms with Gasteiger partial charge >= 0.3 is 0 Å².